The molecule has 1 heterocycles. The predicted octanol–water partition coefficient (Wildman–Crippen LogP) is 4.39. The van der Waals surface area contributed by atoms with Crippen LogP contribution in [0.2, 0.25) is 0 Å². The molecule has 1 N–H and O–H groups in total. The molecule has 0 unspecified atom stereocenters. The van der Waals surface area contributed by atoms with E-state index in [2.05, 4.69) is 44.0 Å². The number of hydrogen-bond donors (Lipinski definition) is 1. The van der Waals surface area contributed by atoms with Gasteiger partial charge in [0.1, 0.15) is 5.75 Å². The molecule has 0 spiro atoms. The van der Waals surface area contributed by atoms with Crippen LogP contribution in [0.5, 0.6) is 5.75 Å². The van der Waals surface area contributed by atoms with Gasteiger partial charge >= 0.3 is 0 Å². The van der Waals surface area contributed by atoms with Gasteiger partial charge in [0.2, 0.25) is 5.91 Å². The lowest BCUT2D eigenvalue weighted by Crippen LogP contribution is -2.46. The molecular weight excluding hydrogens is 418 g/mol. The number of amides is 1. The summed E-state index contributed by atoms with van der Waals surface area (Å²) in [4.78, 5) is 17.2. The number of ether oxygens (including phenoxy) is 1. The van der Waals surface area contributed by atoms with Crippen molar-refractivity contribution in [3.63, 3.8) is 0 Å². The zero-order valence-corrected chi connectivity index (χ0v) is 18.0. The minimum absolute atomic E-state index is 0.0235. The molecule has 0 saturated carbocycles. The third-order valence-electron chi connectivity index (χ3n) is 4.98. The number of anilines is 2. The summed E-state index contributed by atoms with van der Waals surface area (Å²) < 4.78 is 6.66. The smallest absolute Gasteiger partial charge is 0.224 e. The monoisotopic (exact) mass is 445 g/mol. The molecule has 0 atom stereocenters. The first-order valence-electron chi connectivity index (χ1n) is 9.91. The zero-order valence-electron chi connectivity index (χ0n) is 16.4. The highest BCUT2D eigenvalue weighted by atomic mass is 79.9. The number of halogens is 1. The summed E-state index contributed by atoms with van der Waals surface area (Å²) in [5.41, 5.74) is 2.00. The number of para-hydroxylation sites is 3. The van der Waals surface area contributed by atoms with E-state index in [1.807, 2.05) is 42.5 Å². The van der Waals surface area contributed by atoms with Crippen LogP contribution in [0.1, 0.15) is 19.8 Å². The van der Waals surface area contributed by atoms with Gasteiger partial charge in [0.25, 0.3) is 0 Å². The first kappa shape index (κ1) is 20.7. The third kappa shape index (κ3) is 5.72. The van der Waals surface area contributed by atoms with Crippen molar-refractivity contribution in [1.82, 2.24) is 4.90 Å². The fraction of sp³-hybridized carbons (Fsp3) is 0.409. The van der Waals surface area contributed by atoms with Crippen molar-refractivity contribution in [2.24, 2.45) is 0 Å². The fourth-order valence-electron chi connectivity index (χ4n) is 3.35. The lowest BCUT2D eigenvalue weighted by molar-refractivity contribution is -0.116. The van der Waals surface area contributed by atoms with Gasteiger partial charge in [-0.1, -0.05) is 31.2 Å². The first-order chi connectivity index (χ1) is 13.7. The maximum Gasteiger partial charge on any atom is 0.224 e. The zero-order chi connectivity index (χ0) is 19.8. The van der Waals surface area contributed by atoms with E-state index in [4.69, 9.17) is 4.74 Å². The molecule has 0 aromatic heterocycles. The largest absolute Gasteiger partial charge is 0.492 e. The van der Waals surface area contributed by atoms with Gasteiger partial charge in [-0.05, 0) is 53.2 Å². The van der Waals surface area contributed by atoms with Crippen LogP contribution < -0.4 is 15.0 Å². The number of carbonyl (C=O) groups is 1. The number of likely N-dealkylation sites (N-methyl/N-ethyl adjacent to an activating group) is 1. The second-order valence-electron chi connectivity index (χ2n) is 6.87. The summed E-state index contributed by atoms with van der Waals surface area (Å²) in [6.45, 7) is 7.89. The van der Waals surface area contributed by atoms with E-state index in [1.165, 1.54) is 0 Å². The molecule has 2 aromatic rings. The second kappa shape index (κ2) is 10.5. The number of piperazine rings is 1. The van der Waals surface area contributed by atoms with Crippen molar-refractivity contribution in [3.8, 4) is 5.75 Å². The molecule has 0 radical (unpaired) electrons. The van der Waals surface area contributed by atoms with Crippen molar-refractivity contribution in [2.75, 3.05) is 49.5 Å². The number of nitrogens with one attached hydrogen (secondary N) is 1. The van der Waals surface area contributed by atoms with Gasteiger partial charge < -0.3 is 19.9 Å². The van der Waals surface area contributed by atoms with Crippen LogP contribution in [0.25, 0.3) is 0 Å². The molecule has 150 valence electrons. The molecule has 0 aliphatic carbocycles. The second-order valence-corrected chi connectivity index (χ2v) is 7.72. The standard InChI is InChI=1S/C22H28BrN3O2/c1-2-25-13-15-26(16-14-25)20-10-5-4-9-19(20)24-22(27)12-7-17-28-21-11-6-3-8-18(21)23/h3-6,8-11H,2,7,12-17H2,1H3,(H,24,27). The van der Waals surface area contributed by atoms with Gasteiger partial charge in [-0.15, -0.1) is 0 Å². The Balaban J connectivity index is 1.48. The molecule has 0 bridgehead atoms. The van der Waals surface area contributed by atoms with E-state index in [-0.39, 0.29) is 5.91 Å². The Labute approximate surface area is 175 Å². The molecule has 1 aliphatic heterocycles. The molecular formula is C22H28BrN3O2. The van der Waals surface area contributed by atoms with Crippen LogP contribution in [0.4, 0.5) is 11.4 Å². The minimum atomic E-state index is 0.0235. The van der Waals surface area contributed by atoms with Gasteiger partial charge in [-0.25, -0.2) is 0 Å². The van der Waals surface area contributed by atoms with Crippen molar-refractivity contribution in [3.05, 3.63) is 53.0 Å². The molecule has 1 aliphatic rings. The molecule has 1 fully saturated rings. The topological polar surface area (TPSA) is 44.8 Å². The Morgan fingerprint density at radius 2 is 1.79 bits per heavy atom. The van der Waals surface area contributed by atoms with Crippen molar-refractivity contribution in [1.29, 1.82) is 0 Å². The van der Waals surface area contributed by atoms with Gasteiger partial charge in [0, 0.05) is 32.6 Å². The van der Waals surface area contributed by atoms with Crippen LogP contribution in [0.15, 0.2) is 53.0 Å². The Bertz CT molecular complexity index is 776. The normalized spacial score (nSPS) is 14.7. The molecule has 28 heavy (non-hydrogen) atoms. The molecule has 2 aromatic carbocycles. The quantitative estimate of drug-likeness (QED) is 0.611. The summed E-state index contributed by atoms with van der Waals surface area (Å²) in [5, 5.41) is 3.08. The van der Waals surface area contributed by atoms with Gasteiger partial charge in [-0.2, -0.15) is 0 Å². The van der Waals surface area contributed by atoms with E-state index < -0.39 is 0 Å². The summed E-state index contributed by atoms with van der Waals surface area (Å²) in [6.07, 6.45) is 1.10. The van der Waals surface area contributed by atoms with E-state index >= 15 is 0 Å². The summed E-state index contributed by atoms with van der Waals surface area (Å²) in [6, 6.07) is 15.8. The Kier molecular flexibility index (Phi) is 7.74. The van der Waals surface area contributed by atoms with E-state index in [9.17, 15) is 4.79 Å². The predicted molar refractivity (Wildman–Crippen MR) is 118 cm³/mol. The van der Waals surface area contributed by atoms with E-state index in [0.717, 1.165) is 54.3 Å². The number of carbonyl (C=O) groups excluding carboxylic acids is 1. The number of rotatable bonds is 8. The molecule has 1 saturated heterocycles. The van der Waals surface area contributed by atoms with Crippen LogP contribution in [0.3, 0.4) is 0 Å². The van der Waals surface area contributed by atoms with Crippen molar-refractivity contribution < 1.29 is 9.53 Å². The first-order valence-corrected chi connectivity index (χ1v) is 10.7. The van der Waals surface area contributed by atoms with Crippen molar-refractivity contribution >= 4 is 33.2 Å². The van der Waals surface area contributed by atoms with Gasteiger partial charge in [0.15, 0.2) is 0 Å². The number of benzene rings is 2. The van der Waals surface area contributed by atoms with Crippen LogP contribution in [0, 0.1) is 0 Å². The van der Waals surface area contributed by atoms with Crippen LogP contribution in [-0.4, -0.2) is 50.1 Å². The van der Waals surface area contributed by atoms with Crippen LogP contribution >= 0.6 is 15.9 Å². The van der Waals surface area contributed by atoms with Crippen LogP contribution in [-0.2, 0) is 4.79 Å². The van der Waals surface area contributed by atoms with Gasteiger partial charge in [0.05, 0.1) is 22.5 Å². The molecule has 6 heteroatoms. The maximum atomic E-state index is 12.4. The van der Waals surface area contributed by atoms with E-state index in [0.29, 0.717) is 19.4 Å². The SMILES string of the molecule is CCN1CCN(c2ccccc2NC(=O)CCCOc2ccccc2Br)CC1. The van der Waals surface area contributed by atoms with Crippen molar-refractivity contribution in [2.45, 2.75) is 19.8 Å². The minimum Gasteiger partial charge on any atom is -0.492 e. The average molecular weight is 446 g/mol. The summed E-state index contributed by atoms with van der Waals surface area (Å²) in [7, 11) is 0. The molecule has 3 rings (SSSR count). The number of nitrogens with zero attached hydrogens (tertiary/aromatic N) is 2. The lowest BCUT2D eigenvalue weighted by Gasteiger charge is -2.36. The average Bonchev–Trinajstić information content (AvgIpc) is 2.73. The highest BCUT2D eigenvalue weighted by molar-refractivity contribution is 9.10. The number of hydrogen-bond acceptors (Lipinski definition) is 4. The Hall–Kier alpha value is -2.05. The highest BCUT2D eigenvalue weighted by Gasteiger charge is 2.18. The lowest BCUT2D eigenvalue weighted by atomic mass is 10.2. The fourth-order valence-corrected chi connectivity index (χ4v) is 3.75. The summed E-state index contributed by atoms with van der Waals surface area (Å²) >= 11 is 3.46. The summed E-state index contributed by atoms with van der Waals surface area (Å²) in [5.74, 6) is 0.829. The third-order valence-corrected chi connectivity index (χ3v) is 5.64. The molecule has 1 amide bonds. The highest BCUT2D eigenvalue weighted by Crippen LogP contribution is 2.27. The Morgan fingerprint density at radius 3 is 2.54 bits per heavy atom. The van der Waals surface area contributed by atoms with E-state index in [1.54, 1.807) is 0 Å². The Morgan fingerprint density at radius 1 is 1.07 bits per heavy atom. The molecule has 5 nitrogen and oxygen atoms in total. The van der Waals surface area contributed by atoms with Gasteiger partial charge in [-0.3, -0.25) is 4.79 Å². The maximum absolute atomic E-state index is 12.4.